The third-order valence-electron chi connectivity index (χ3n) is 4.28. The van der Waals surface area contributed by atoms with Gasteiger partial charge in [-0.2, -0.15) is 0 Å². The summed E-state index contributed by atoms with van der Waals surface area (Å²) in [5.74, 6) is -2.63. The number of halogens is 1. The van der Waals surface area contributed by atoms with Crippen LogP contribution in [-0.4, -0.2) is 53.2 Å². The summed E-state index contributed by atoms with van der Waals surface area (Å²) < 4.78 is 23.9. The van der Waals surface area contributed by atoms with Crippen molar-refractivity contribution in [2.45, 2.75) is 58.7 Å². The van der Waals surface area contributed by atoms with Crippen LogP contribution in [0.5, 0.6) is 0 Å². The predicted octanol–water partition coefficient (Wildman–Crippen LogP) is 1.40. The monoisotopic (exact) mass is 414 g/mol. The number of carboxylic acids is 1. The largest absolute Gasteiger partial charge is 0.479 e. The molecule has 5 N–H and O–H groups in total. The van der Waals surface area contributed by atoms with Gasteiger partial charge in [-0.3, -0.25) is 4.79 Å². The summed E-state index contributed by atoms with van der Waals surface area (Å²) in [6, 6.07) is 6.15. The van der Waals surface area contributed by atoms with Crippen molar-refractivity contribution in [3.8, 4) is 0 Å². The second kappa shape index (κ2) is 10.6. The van der Waals surface area contributed by atoms with E-state index in [4.69, 9.17) is 20.3 Å². The first-order chi connectivity index (χ1) is 13.4. The van der Waals surface area contributed by atoms with Crippen LogP contribution in [0.25, 0.3) is 0 Å². The molecule has 1 fully saturated rings. The summed E-state index contributed by atoms with van der Waals surface area (Å²) in [5.41, 5.74) is 5.11. The zero-order chi connectivity index (χ0) is 22.2. The lowest BCUT2D eigenvalue weighted by atomic mass is 9.86. The summed E-state index contributed by atoms with van der Waals surface area (Å²) in [6.45, 7) is 7.77. The first-order valence-corrected chi connectivity index (χ1v) is 9.33. The Morgan fingerprint density at radius 2 is 1.93 bits per heavy atom. The van der Waals surface area contributed by atoms with Crippen molar-refractivity contribution in [2.75, 3.05) is 13.2 Å². The molecule has 1 unspecified atom stereocenters. The van der Waals surface area contributed by atoms with Gasteiger partial charge in [-0.25, -0.2) is 9.18 Å². The summed E-state index contributed by atoms with van der Waals surface area (Å²) in [5, 5.41) is 20.6. The van der Waals surface area contributed by atoms with E-state index in [1.54, 1.807) is 32.0 Å². The van der Waals surface area contributed by atoms with E-state index >= 15 is 0 Å². The molecule has 9 heteroatoms. The minimum Gasteiger partial charge on any atom is -0.479 e. The predicted molar refractivity (Wildman–Crippen MR) is 104 cm³/mol. The Kier molecular flexibility index (Phi) is 9.15. The average Bonchev–Trinajstić information content (AvgIpc) is 2.63. The second-order valence-corrected chi connectivity index (χ2v) is 7.92. The molecule has 1 aromatic rings. The molecule has 29 heavy (non-hydrogen) atoms. The Labute approximate surface area is 170 Å². The summed E-state index contributed by atoms with van der Waals surface area (Å²) >= 11 is 0. The van der Waals surface area contributed by atoms with Crippen LogP contribution in [0, 0.1) is 11.2 Å². The first kappa shape index (κ1) is 25.0. The molecule has 2 rings (SSSR count). The number of hydrogen-bond acceptors (Lipinski definition) is 6. The third kappa shape index (κ3) is 8.06. The van der Waals surface area contributed by atoms with Gasteiger partial charge >= 0.3 is 5.97 Å². The Morgan fingerprint density at radius 1 is 1.31 bits per heavy atom. The number of aliphatic carboxylic acids is 1. The lowest BCUT2D eigenvalue weighted by molar-refractivity contribution is -0.307. The van der Waals surface area contributed by atoms with E-state index in [0.29, 0.717) is 12.2 Å². The average molecular weight is 414 g/mol. The minimum atomic E-state index is -1.13. The highest BCUT2D eigenvalue weighted by molar-refractivity contribution is 5.80. The van der Waals surface area contributed by atoms with Crippen LogP contribution in [0.4, 0.5) is 4.39 Å². The summed E-state index contributed by atoms with van der Waals surface area (Å²) in [6.07, 6.45) is -1.73. The molecule has 1 aliphatic rings. The molecule has 0 aromatic heterocycles. The van der Waals surface area contributed by atoms with Crippen LogP contribution < -0.4 is 11.1 Å². The van der Waals surface area contributed by atoms with Gasteiger partial charge in [0.1, 0.15) is 11.9 Å². The number of benzene rings is 1. The van der Waals surface area contributed by atoms with E-state index in [-0.39, 0.29) is 25.3 Å². The Hall–Kier alpha value is -2.07. The van der Waals surface area contributed by atoms with Gasteiger partial charge in [-0.05, 0) is 32.9 Å². The van der Waals surface area contributed by atoms with Gasteiger partial charge in [0.15, 0.2) is 11.9 Å². The van der Waals surface area contributed by atoms with Crippen LogP contribution in [0.2, 0.25) is 0 Å². The van der Waals surface area contributed by atoms with E-state index in [0.717, 1.165) is 0 Å². The molecular weight excluding hydrogens is 383 g/mol. The van der Waals surface area contributed by atoms with Crippen LogP contribution in [0.3, 0.4) is 0 Å². The first-order valence-electron chi connectivity index (χ1n) is 9.33. The summed E-state index contributed by atoms with van der Waals surface area (Å²) in [4.78, 5) is 22.2. The number of carboxylic acid groups (broad SMARTS) is 1. The molecule has 1 saturated heterocycles. The van der Waals surface area contributed by atoms with Crippen molar-refractivity contribution in [3.63, 3.8) is 0 Å². The van der Waals surface area contributed by atoms with Crippen LogP contribution >= 0.6 is 0 Å². The Balaban J connectivity index is 0.000000296. The highest BCUT2D eigenvalue weighted by atomic mass is 19.1. The second-order valence-electron chi connectivity index (χ2n) is 7.92. The maximum Gasteiger partial charge on any atom is 0.333 e. The smallest absolute Gasteiger partial charge is 0.333 e. The molecule has 1 amide bonds. The van der Waals surface area contributed by atoms with Gasteiger partial charge in [0.2, 0.25) is 5.91 Å². The summed E-state index contributed by atoms with van der Waals surface area (Å²) in [7, 11) is 0. The zero-order valence-corrected chi connectivity index (χ0v) is 17.3. The van der Waals surface area contributed by atoms with Gasteiger partial charge in [0, 0.05) is 17.5 Å². The number of carbonyl (C=O) groups excluding carboxylic acids is 1. The number of nitrogens with one attached hydrogen (secondary N) is 1. The number of nitrogens with two attached hydrogens (primary N) is 1. The topological polar surface area (TPSA) is 131 Å². The quantitative estimate of drug-likeness (QED) is 0.553. The van der Waals surface area contributed by atoms with E-state index in [1.165, 1.54) is 6.07 Å². The number of hydrogen-bond donors (Lipinski definition) is 4. The SMILES string of the molecule is CC1(C)OCC(C)(C)[C@H](C(=O)O)O1.NCCC(O)C(=O)NCc1ccccc1F. The maximum atomic E-state index is 13.2. The fourth-order valence-corrected chi connectivity index (χ4v) is 2.53. The lowest BCUT2D eigenvalue weighted by Gasteiger charge is -2.43. The molecule has 0 aliphatic carbocycles. The van der Waals surface area contributed by atoms with E-state index in [9.17, 15) is 19.1 Å². The highest BCUT2D eigenvalue weighted by Gasteiger charge is 2.45. The standard InChI is InChI=1S/C11H15FN2O2.C9H16O4/c12-9-4-2-1-3-8(9)7-14-11(16)10(15)5-6-13;1-8(2)5-12-9(3,4)13-6(8)7(10)11/h1-4,10,15H,5-7,13H2,(H,14,16);6H,5H2,1-4H3,(H,10,11)/t;6-/m.0/s1. The van der Waals surface area contributed by atoms with Crippen molar-refractivity contribution in [1.29, 1.82) is 0 Å². The van der Waals surface area contributed by atoms with Gasteiger partial charge in [0.05, 0.1) is 6.61 Å². The molecule has 0 saturated carbocycles. The number of amides is 1. The molecule has 1 aliphatic heterocycles. The Bertz CT molecular complexity index is 695. The fourth-order valence-electron chi connectivity index (χ4n) is 2.53. The van der Waals surface area contributed by atoms with Crippen LogP contribution in [-0.2, 0) is 25.6 Å². The lowest BCUT2D eigenvalue weighted by Crippen LogP contribution is -2.53. The van der Waals surface area contributed by atoms with Crippen molar-refractivity contribution in [2.24, 2.45) is 11.1 Å². The molecule has 0 spiro atoms. The van der Waals surface area contributed by atoms with Crippen molar-refractivity contribution >= 4 is 11.9 Å². The zero-order valence-electron chi connectivity index (χ0n) is 17.3. The molecule has 0 radical (unpaired) electrons. The van der Waals surface area contributed by atoms with Crippen molar-refractivity contribution in [3.05, 3.63) is 35.6 Å². The molecule has 8 nitrogen and oxygen atoms in total. The van der Waals surface area contributed by atoms with Crippen molar-refractivity contribution < 1.29 is 33.7 Å². The third-order valence-corrected chi connectivity index (χ3v) is 4.28. The minimum absolute atomic E-state index is 0.0626. The highest BCUT2D eigenvalue weighted by Crippen LogP contribution is 2.34. The van der Waals surface area contributed by atoms with Gasteiger partial charge in [0.25, 0.3) is 0 Å². The Morgan fingerprint density at radius 3 is 2.45 bits per heavy atom. The van der Waals surface area contributed by atoms with Crippen LogP contribution in [0.1, 0.15) is 39.7 Å². The molecule has 0 bridgehead atoms. The number of rotatable bonds is 6. The molecule has 1 heterocycles. The van der Waals surface area contributed by atoms with E-state index in [2.05, 4.69) is 5.32 Å². The van der Waals surface area contributed by atoms with Crippen molar-refractivity contribution in [1.82, 2.24) is 5.32 Å². The van der Waals surface area contributed by atoms with E-state index < -0.39 is 35.3 Å². The molecule has 164 valence electrons. The van der Waals surface area contributed by atoms with Gasteiger partial charge in [-0.15, -0.1) is 0 Å². The van der Waals surface area contributed by atoms with Crippen LogP contribution in [0.15, 0.2) is 24.3 Å². The normalized spacial score (nSPS) is 20.7. The molecule has 1 aromatic carbocycles. The molecular formula is C20H31FN2O6. The molecule has 2 atom stereocenters. The van der Waals surface area contributed by atoms with Gasteiger partial charge < -0.3 is 30.7 Å². The fraction of sp³-hybridized carbons (Fsp3) is 0.600. The van der Waals surface area contributed by atoms with E-state index in [1.807, 2.05) is 13.8 Å². The number of carbonyl (C=O) groups is 2. The maximum absolute atomic E-state index is 13.2. The number of aliphatic hydroxyl groups is 1. The number of aliphatic hydroxyl groups excluding tert-OH is 1. The number of ether oxygens (including phenoxy) is 2. The van der Waals surface area contributed by atoms with Gasteiger partial charge in [-0.1, -0.05) is 32.0 Å².